The summed E-state index contributed by atoms with van der Waals surface area (Å²) in [5, 5.41) is 10.6. The molecular weight excluding hydrogens is 422 g/mol. The molecule has 1 atom stereocenters. The highest BCUT2D eigenvalue weighted by molar-refractivity contribution is 6.03. The molecule has 0 aliphatic carbocycles. The van der Waals surface area contributed by atoms with E-state index >= 15 is 0 Å². The molecule has 9 nitrogen and oxygen atoms in total. The molecule has 1 fully saturated rings. The highest BCUT2D eigenvalue weighted by Gasteiger charge is 2.31. The summed E-state index contributed by atoms with van der Waals surface area (Å²) in [6.45, 7) is 2.66. The van der Waals surface area contributed by atoms with E-state index in [1.165, 1.54) is 0 Å². The lowest BCUT2D eigenvalue weighted by Crippen LogP contribution is -2.40. The molecule has 2 amide bonds. The first kappa shape index (κ1) is 20.9. The number of ether oxygens (including phenoxy) is 1. The number of amides is 2. The number of anilines is 1. The van der Waals surface area contributed by atoms with Crippen molar-refractivity contribution in [2.45, 2.75) is 25.9 Å². The smallest absolute Gasteiger partial charge is 0.265 e. The number of rotatable bonds is 4. The molecule has 1 N–H and O–H groups in total. The highest BCUT2D eigenvalue weighted by atomic mass is 16.5. The van der Waals surface area contributed by atoms with Crippen molar-refractivity contribution >= 4 is 23.3 Å². The van der Waals surface area contributed by atoms with Crippen LogP contribution >= 0.6 is 0 Å². The van der Waals surface area contributed by atoms with Crippen molar-refractivity contribution in [1.82, 2.24) is 19.9 Å². The Kier molecular flexibility index (Phi) is 5.37. The number of carbonyl (C=O) groups excluding carboxylic acids is 3. The third kappa shape index (κ3) is 3.97. The highest BCUT2D eigenvalue weighted by Crippen LogP contribution is 2.32. The van der Waals surface area contributed by atoms with Gasteiger partial charge in [0, 0.05) is 24.6 Å². The number of nitrogens with zero attached hydrogens (tertiary/aromatic N) is 4. The number of piperidine rings is 1. The van der Waals surface area contributed by atoms with Gasteiger partial charge in [0.2, 0.25) is 0 Å². The number of aromatic nitrogens is 3. The molecule has 2 aliphatic rings. The van der Waals surface area contributed by atoms with E-state index in [1.54, 1.807) is 53.2 Å². The Morgan fingerprint density at radius 2 is 1.91 bits per heavy atom. The summed E-state index contributed by atoms with van der Waals surface area (Å²) in [6, 6.07) is 12.4. The van der Waals surface area contributed by atoms with Gasteiger partial charge in [-0.3, -0.25) is 14.4 Å². The molecule has 0 radical (unpaired) electrons. The SMILES string of the molecule is CC1Oc2ccc(C(=O)C3CCN(C(=O)c4ccccc4-n4ccnn4)CC3)cc2NC1=O. The molecule has 9 heteroatoms. The van der Waals surface area contributed by atoms with Crippen molar-refractivity contribution < 1.29 is 19.1 Å². The molecule has 0 bridgehead atoms. The first-order valence-electron chi connectivity index (χ1n) is 10.9. The predicted molar refractivity (Wildman–Crippen MR) is 119 cm³/mol. The zero-order valence-electron chi connectivity index (χ0n) is 18.1. The first-order chi connectivity index (χ1) is 16.0. The average Bonchev–Trinajstić information content (AvgIpc) is 3.39. The van der Waals surface area contributed by atoms with Crippen molar-refractivity contribution in [3.63, 3.8) is 0 Å². The Morgan fingerprint density at radius 3 is 2.67 bits per heavy atom. The van der Waals surface area contributed by atoms with Gasteiger partial charge in [0.25, 0.3) is 11.8 Å². The lowest BCUT2D eigenvalue weighted by atomic mass is 9.88. The Labute approximate surface area is 190 Å². The van der Waals surface area contributed by atoms with Crippen LogP contribution in [0.1, 0.15) is 40.5 Å². The number of para-hydroxylation sites is 1. The van der Waals surface area contributed by atoms with Crippen LogP contribution in [0.5, 0.6) is 5.75 Å². The van der Waals surface area contributed by atoms with E-state index in [0.29, 0.717) is 54.2 Å². The minimum atomic E-state index is -0.560. The van der Waals surface area contributed by atoms with Crippen molar-refractivity contribution in [3.8, 4) is 11.4 Å². The van der Waals surface area contributed by atoms with Crippen molar-refractivity contribution in [2.75, 3.05) is 18.4 Å². The number of hydrogen-bond acceptors (Lipinski definition) is 6. The number of benzene rings is 2. The van der Waals surface area contributed by atoms with E-state index in [9.17, 15) is 14.4 Å². The van der Waals surface area contributed by atoms with E-state index < -0.39 is 6.10 Å². The van der Waals surface area contributed by atoms with Crippen LogP contribution in [0.25, 0.3) is 5.69 Å². The maximum Gasteiger partial charge on any atom is 0.265 e. The molecule has 3 aromatic rings. The second-order valence-electron chi connectivity index (χ2n) is 8.26. The molecule has 0 saturated carbocycles. The monoisotopic (exact) mass is 445 g/mol. The van der Waals surface area contributed by atoms with Gasteiger partial charge >= 0.3 is 0 Å². The van der Waals surface area contributed by atoms with Gasteiger partial charge in [0.1, 0.15) is 5.75 Å². The van der Waals surface area contributed by atoms with Gasteiger partial charge in [-0.15, -0.1) is 5.10 Å². The molecule has 1 aromatic heterocycles. The van der Waals surface area contributed by atoms with E-state index in [1.807, 2.05) is 18.2 Å². The maximum atomic E-state index is 13.2. The van der Waals surface area contributed by atoms with Crippen molar-refractivity contribution in [3.05, 3.63) is 66.0 Å². The fraction of sp³-hybridized carbons (Fsp3) is 0.292. The van der Waals surface area contributed by atoms with Crippen LogP contribution in [-0.4, -0.2) is 56.7 Å². The summed E-state index contributed by atoms with van der Waals surface area (Å²) < 4.78 is 7.14. The Morgan fingerprint density at radius 1 is 1.12 bits per heavy atom. The molecule has 2 aromatic carbocycles. The van der Waals surface area contributed by atoms with Crippen LogP contribution < -0.4 is 10.1 Å². The largest absolute Gasteiger partial charge is 0.479 e. The van der Waals surface area contributed by atoms with Crippen LogP contribution in [0, 0.1) is 5.92 Å². The van der Waals surface area contributed by atoms with Crippen LogP contribution in [0.15, 0.2) is 54.9 Å². The number of fused-ring (bicyclic) bond motifs is 1. The lowest BCUT2D eigenvalue weighted by Gasteiger charge is -2.32. The topological polar surface area (TPSA) is 106 Å². The molecule has 168 valence electrons. The molecule has 3 heterocycles. The molecule has 2 aliphatic heterocycles. The molecule has 33 heavy (non-hydrogen) atoms. The fourth-order valence-corrected chi connectivity index (χ4v) is 4.30. The van der Waals surface area contributed by atoms with E-state index in [2.05, 4.69) is 15.6 Å². The third-order valence-corrected chi connectivity index (χ3v) is 6.15. The van der Waals surface area contributed by atoms with E-state index in [-0.39, 0.29) is 23.5 Å². The Bertz CT molecular complexity index is 1220. The number of likely N-dealkylation sites (tertiary alicyclic amines) is 1. The van der Waals surface area contributed by atoms with Gasteiger partial charge < -0.3 is 15.0 Å². The normalized spacial score (nSPS) is 18.3. The second kappa shape index (κ2) is 8.50. The summed E-state index contributed by atoms with van der Waals surface area (Å²) in [6.07, 6.45) is 3.86. The molecular formula is C24H23N5O4. The van der Waals surface area contributed by atoms with Crippen LogP contribution in [0.3, 0.4) is 0 Å². The van der Waals surface area contributed by atoms with Crippen LogP contribution in [0.4, 0.5) is 5.69 Å². The fourth-order valence-electron chi connectivity index (χ4n) is 4.30. The van der Waals surface area contributed by atoms with Gasteiger partial charge in [-0.2, -0.15) is 0 Å². The van der Waals surface area contributed by atoms with Gasteiger partial charge in [-0.05, 0) is 50.1 Å². The number of Topliss-reactive ketones (excluding diaryl/α,β-unsaturated/α-hetero) is 1. The third-order valence-electron chi connectivity index (χ3n) is 6.15. The van der Waals surface area contributed by atoms with Gasteiger partial charge in [0.15, 0.2) is 11.9 Å². The number of carbonyl (C=O) groups is 3. The standard InChI is InChI=1S/C24H23N5O4/c1-15-23(31)26-19-14-17(6-7-21(19)33-15)22(30)16-8-11-28(12-9-16)24(32)18-4-2-3-5-20(18)29-13-10-25-27-29/h2-7,10,13-16H,8-9,11-12H2,1H3,(H,26,31). The Hall–Kier alpha value is -4.01. The summed E-state index contributed by atoms with van der Waals surface area (Å²) in [5.74, 6) is 0.0718. The van der Waals surface area contributed by atoms with Crippen LogP contribution in [0.2, 0.25) is 0 Å². The summed E-state index contributed by atoms with van der Waals surface area (Å²) in [4.78, 5) is 40.0. The van der Waals surface area contributed by atoms with Crippen molar-refractivity contribution in [2.24, 2.45) is 5.92 Å². The Balaban J connectivity index is 1.27. The summed E-state index contributed by atoms with van der Waals surface area (Å²) in [7, 11) is 0. The molecule has 5 rings (SSSR count). The van der Waals surface area contributed by atoms with Crippen molar-refractivity contribution in [1.29, 1.82) is 0 Å². The predicted octanol–water partition coefficient (Wildman–Crippen LogP) is 2.72. The van der Waals surface area contributed by atoms with Gasteiger partial charge in [0.05, 0.1) is 29.3 Å². The summed E-state index contributed by atoms with van der Waals surface area (Å²) >= 11 is 0. The molecule has 1 saturated heterocycles. The minimum Gasteiger partial charge on any atom is -0.479 e. The number of ketones is 1. The number of hydrogen-bond donors (Lipinski definition) is 1. The second-order valence-corrected chi connectivity index (χ2v) is 8.26. The van der Waals surface area contributed by atoms with Crippen LogP contribution in [-0.2, 0) is 4.79 Å². The molecule has 0 spiro atoms. The van der Waals surface area contributed by atoms with Gasteiger partial charge in [-0.1, -0.05) is 17.3 Å². The minimum absolute atomic E-state index is 0.0146. The maximum absolute atomic E-state index is 13.2. The van der Waals surface area contributed by atoms with E-state index in [4.69, 9.17) is 4.74 Å². The van der Waals surface area contributed by atoms with Gasteiger partial charge in [-0.25, -0.2) is 4.68 Å². The number of nitrogens with one attached hydrogen (secondary N) is 1. The zero-order chi connectivity index (χ0) is 22.9. The summed E-state index contributed by atoms with van der Waals surface area (Å²) in [5.41, 5.74) is 2.27. The average molecular weight is 445 g/mol. The quantitative estimate of drug-likeness (QED) is 0.619. The molecule has 1 unspecified atom stereocenters. The first-order valence-corrected chi connectivity index (χ1v) is 10.9. The van der Waals surface area contributed by atoms with E-state index in [0.717, 1.165) is 0 Å². The zero-order valence-corrected chi connectivity index (χ0v) is 18.1. The lowest BCUT2D eigenvalue weighted by molar-refractivity contribution is -0.122.